The summed E-state index contributed by atoms with van der Waals surface area (Å²) in [4.78, 5) is 18.0. The first-order valence-corrected chi connectivity index (χ1v) is 6.11. The molecule has 1 aromatic heterocycles. The summed E-state index contributed by atoms with van der Waals surface area (Å²) < 4.78 is 0. The highest BCUT2D eigenvalue weighted by atomic mass is 16.3. The lowest BCUT2D eigenvalue weighted by Gasteiger charge is -2.17. The summed E-state index contributed by atoms with van der Waals surface area (Å²) >= 11 is 0. The van der Waals surface area contributed by atoms with Gasteiger partial charge in [0.2, 0.25) is 0 Å². The van der Waals surface area contributed by atoms with Crippen molar-refractivity contribution in [2.24, 2.45) is 0 Å². The van der Waals surface area contributed by atoms with Crippen LogP contribution < -0.4 is 0 Å². The van der Waals surface area contributed by atoms with E-state index in [9.17, 15) is 9.90 Å². The maximum Gasteiger partial charge on any atom is 0.253 e. The monoisotopic (exact) mass is 256 g/mol. The van der Waals surface area contributed by atoms with Crippen LogP contribution in [0.5, 0.6) is 5.75 Å². The Balaban J connectivity index is 1.96. The molecule has 1 amide bonds. The van der Waals surface area contributed by atoms with Crippen LogP contribution in [0.1, 0.15) is 16.1 Å². The first-order chi connectivity index (χ1) is 9.16. The molecule has 2 aromatic rings. The normalized spacial score (nSPS) is 10.2. The first kappa shape index (κ1) is 13.1. The fraction of sp³-hybridized carbons (Fsp3) is 0.200. The average Bonchev–Trinajstić information content (AvgIpc) is 2.45. The second-order valence-electron chi connectivity index (χ2n) is 4.35. The molecule has 0 fully saturated rings. The van der Waals surface area contributed by atoms with Crippen LogP contribution >= 0.6 is 0 Å². The minimum Gasteiger partial charge on any atom is -0.508 e. The number of benzene rings is 1. The Kier molecular flexibility index (Phi) is 4.13. The van der Waals surface area contributed by atoms with Crippen molar-refractivity contribution < 1.29 is 9.90 Å². The molecule has 4 heteroatoms. The molecule has 0 aliphatic heterocycles. The molecule has 0 unspecified atom stereocenters. The number of aromatic hydroxyl groups is 1. The van der Waals surface area contributed by atoms with Gasteiger partial charge in [0, 0.05) is 37.5 Å². The van der Waals surface area contributed by atoms with E-state index in [0.717, 1.165) is 5.69 Å². The number of nitrogens with zero attached hydrogens (tertiary/aromatic N) is 2. The predicted octanol–water partition coefficient (Wildman–Crippen LogP) is 2.10. The van der Waals surface area contributed by atoms with Gasteiger partial charge in [0.15, 0.2) is 0 Å². The van der Waals surface area contributed by atoms with Gasteiger partial charge in [-0.25, -0.2) is 0 Å². The Morgan fingerprint density at radius 3 is 2.79 bits per heavy atom. The number of aromatic nitrogens is 1. The van der Waals surface area contributed by atoms with Crippen LogP contribution in [0.4, 0.5) is 0 Å². The third-order valence-corrected chi connectivity index (χ3v) is 2.87. The molecule has 0 spiro atoms. The van der Waals surface area contributed by atoms with E-state index in [0.29, 0.717) is 18.5 Å². The molecule has 4 nitrogen and oxygen atoms in total. The number of likely N-dealkylation sites (N-methyl/N-ethyl adjacent to an activating group) is 1. The van der Waals surface area contributed by atoms with E-state index in [1.165, 1.54) is 6.07 Å². The van der Waals surface area contributed by atoms with Crippen molar-refractivity contribution in [3.05, 3.63) is 59.9 Å². The lowest BCUT2D eigenvalue weighted by atomic mass is 10.2. The molecular formula is C15H16N2O2. The van der Waals surface area contributed by atoms with Gasteiger partial charge in [-0.05, 0) is 30.3 Å². The summed E-state index contributed by atoms with van der Waals surface area (Å²) in [6, 6.07) is 12.1. The van der Waals surface area contributed by atoms with Crippen LogP contribution in [0.25, 0.3) is 0 Å². The maximum absolute atomic E-state index is 12.1. The highest BCUT2D eigenvalue weighted by Gasteiger charge is 2.11. The molecule has 19 heavy (non-hydrogen) atoms. The van der Waals surface area contributed by atoms with Gasteiger partial charge in [0.25, 0.3) is 5.91 Å². The SMILES string of the molecule is CN(CCc1ccccn1)C(=O)c1cccc(O)c1. The highest BCUT2D eigenvalue weighted by Crippen LogP contribution is 2.12. The topological polar surface area (TPSA) is 53.4 Å². The van der Waals surface area contributed by atoms with Crippen molar-refractivity contribution in [2.75, 3.05) is 13.6 Å². The number of carbonyl (C=O) groups is 1. The van der Waals surface area contributed by atoms with Gasteiger partial charge in [-0.1, -0.05) is 12.1 Å². The number of rotatable bonds is 4. The van der Waals surface area contributed by atoms with E-state index in [1.54, 1.807) is 36.3 Å². The lowest BCUT2D eigenvalue weighted by Crippen LogP contribution is -2.28. The Bertz CT molecular complexity index is 555. The van der Waals surface area contributed by atoms with Crippen LogP contribution in [0.2, 0.25) is 0 Å². The molecule has 0 aliphatic carbocycles. The molecule has 0 saturated carbocycles. The summed E-state index contributed by atoms with van der Waals surface area (Å²) in [5, 5.41) is 9.37. The highest BCUT2D eigenvalue weighted by molar-refractivity contribution is 5.94. The molecular weight excluding hydrogens is 240 g/mol. The summed E-state index contributed by atoms with van der Waals surface area (Å²) in [6.45, 7) is 0.589. The fourth-order valence-electron chi connectivity index (χ4n) is 1.79. The second-order valence-corrected chi connectivity index (χ2v) is 4.35. The Hall–Kier alpha value is -2.36. The average molecular weight is 256 g/mol. The van der Waals surface area contributed by atoms with Crippen LogP contribution in [-0.2, 0) is 6.42 Å². The van der Waals surface area contributed by atoms with Gasteiger partial charge in [-0.3, -0.25) is 9.78 Å². The molecule has 98 valence electrons. The van der Waals surface area contributed by atoms with E-state index in [4.69, 9.17) is 0 Å². The minimum absolute atomic E-state index is 0.101. The van der Waals surface area contributed by atoms with Crippen molar-refractivity contribution in [2.45, 2.75) is 6.42 Å². The largest absolute Gasteiger partial charge is 0.508 e. The lowest BCUT2D eigenvalue weighted by molar-refractivity contribution is 0.0796. The van der Waals surface area contributed by atoms with Crippen LogP contribution in [0.15, 0.2) is 48.7 Å². The number of carbonyl (C=O) groups excluding carboxylic acids is 1. The van der Waals surface area contributed by atoms with E-state index < -0.39 is 0 Å². The molecule has 0 bridgehead atoms. The Morgan fingerprint density at radius 2 is 2.11 bits per heavy atom. The van der Waals surface area contributed by atoms with E-state index in [1.807, 2.05) is 18.2 Å². The zero-order valence-electron chi connectivity index (χ0n) is 10.8. The van der Waals surface area contributed by atoms with E-state index in [-0.39, 0.29) is 11.7 Å². The maximum atomic E-state index is 12.1. The summed E-state index contributed by atoms with van der Waals surface area (Å²) in [6.07, 6.45) is 2.45. The molecule has 1 heterocycles. The molecule has 0 atom stereocenters. The standard InChI is InChI=1S/C15H16N2O2/c1-17(10-8-13-6-2-3-9-16-13)15(19)12-5-4-7-14(18)11-12/h2-7,9,11,18H,8,10H2,1H3. The van der Waals surface area contributed by atoms with E-state index in [2.05, 4.69) is 4.98 Å². The number of hydrogen-bond acceptors (Lipinski definition) is 3. The van der Waals surface area contributed by atoms with Crippen LogP contribution in [-0.4, -0.2) is 34.5 Å². The third-order valence-electron chi connectivity index (χ3n) is 2.87. The van der Waals surface area contributed by atoms with Gasteiger partial charge in [-0.15, -0.1) is 0 Å². The first-order valence-electron chi connectivity index (χ1n) is 6.11. The molecule has 1 N–H and O–H groups in total. The zero-order valence-corrected chi connectivity index (χ0v) is 10.8. The molecule has 0 radical (unpaired) electrons. The van der Waals surface area contributed by atoms with Crippen molar-refractivity contribution in [1.29, 1.82) is 0 Å². The number of phenolic OH excluding ortho intramolecular Hbond substituents is 1. The van der Waals surface area contributed by atoms with Crippen LogP contribution in [0.3, 0.4) is 0 Å². The Morgan fingerprint density at radius 1 is 1.26 bits per heavy atom. The predicted molar refractivity (Wildman–Crippen MR) is 73.0 cm³/mol. The molecule has 2 rings (SSSR count). The quantitative estimate of drug-likeness (QED) is 0.911. The minimum atomic E-state index is -0.105. The van der Waals surface area contributed by atoms with Crippen LogP contribution in [0, 0.1) is 0 Å². The second kappa shape index (κ2) is 6.00. The zero-order chi connectivity index (χ0) is 13.7. The van der Waals surface area contributed by atoms with Crippen molar-refractivity contribution >= 4 is 5.91 Å². The smallest absolute Gasteiger partial charge is 0.253 e. The van der Waals surface area contributed by atoms with Crippen molar-refractivity contribution in [3.63, 3.8) is 0 Å². The molecule has 0 saturated heterocycles. The van der Waals surface area contributed by atoms with Gasteiger partial charge in [0.05, 0.1) is 0 Å². The number of amides is 1. The molecule has 1 aromatic carbocycles. The van der Waals surface area contributed by atoms with Gasteiger partial charge in [0.1, 0.15) is 5.75 Å². The van der Waals surface area contributed by atoms with E-state index >= 15 is 0 Å². The van der Waals surface area contributed by atoms with Gasteiger partial charge < -0.3 is 10.0 Å². The summed E-state index contributed by atoms with van der Waals surface area (Å²) in [5.74, 6) is -0.00388. The Labute approximate surface area is 112 Å². The number of phenols is 1. The third kappa shape index (κ3) is 3.55. The summed E-state index contributed by atoms with van der Waals surface area (Å²) in [7, 11) is 1.75. The van der Waals surface area contributed by atoms with Gasteiger partial charge in [-0.2, -0.15) is 0 Å². The number of pyridine rings is 1. The fourth-order valence-corrected chi connectivity index (χ4v) is 1.79. The van der Waals surface area contributed by atoms with Gasteiger partial charge >= 0.3 is 0 Å². The van der Waals surface area contributed by atoms with Crippen molar-refractivity contribution in [1.82, 2.24) is 9.88 Å². The molecule has 0 aliphatic rings. The summed E-state index contributed by atoms with van der Waals surface area (Å²) in [5.41, 5.74) is 1.45. The van der Waals surface area contributed by atoms with Crippen molar-refractivity contribution in [3.8, 4) is 5.75 Å². The number of hydrogen-bond donors (Lipinski definition) is 1.